The number of carbonyl (C=O) groups is 1. The van der Waals surface area contributed by atoms with Crippen LogP contribution in [0.1, 0.15) is 33.6 Å². The van der Waals surface area contributed by atoms with E-state index < -0.39 is 5.60 Å². The maximum absolute atomic E-state index is 12.2. The smallest absolute Gasteiger partial charge is 0.410 e. The number of rotatable bonds is 3. The zero-order valence-electron chi connectivity index (χ0n) is 12.8. The van der Waals surface area contributed by atoms with Crippen LogP contribution in [-0.2, 0) is 4.74 Å². The standard InChI is InChI=1S/C15H21BN2O3/c1-15(2,3)21-14(19)18-6-4-5-12(18)10-20-13-7-11(16)8-17-9-13/h7-9,12H,4-6,10H2,1-3H3. The van der Waals surface area contributed by atoms with Gasteiger partial charge in [-0.1, -0.05) is 5.46 Å². The molecule has 1 amide bonds. The fourth-order valence-electron chi connectivity index (χ4n) is 2.28. The summed E-state index contributed by atoms with van der Waals surface area (Å²) in [5.41, 5.74) is 0.0750. The van der Waals surface area contributed by atoms with Crippen molar-refractivity contribution in [2.75, 3.05) is 13.2 Å². The molecule has 1 aliphatic rings. The molecule has 0 saturated carbocycles. The maximum atomic E-state index is 12.2. The SMILES string of the molecule is [B]c1cncc(OCC2CCCN2C(=O)OC(C)(C)C)c1. The molecule has 0 aromatic carbocycles. The summed E-state index contributed by atoms with van der Waals surface area (Å²) in [4.78, 5) is 17.9. The zero-order chi connectivity index (χ0) is 15.5. The van der Waals surface area contributed by atoms with Gasteiger partial charge in [0.1, 0.15) is 25.8 Å². The van der Waals surface area contributed by atoms with E-state index in [-0.39, 0.29) is 12.1 Å². The van der Waals surface area contributed by atoms with E-state index in [1.807, 2.05) is 20.8 Å². The summed E-state index contributed by atoms with van der Waals surface area (Å²) in [6, 6.07) is 1.75. The lowest BCUT2D eigenvalue weighted by atomic mass is 9.99. The molecule has 1 atom stereocenters. The number of nitrogens with zero attached hydrogens (tertiary/aromatic N) is 2. The quantitative estimate of drug-likeness (QED) is 0.794. The van der Waals surface area contributed by atoms with Crippen LogP contribution in [0.15, 0.2) is 18.5 Å². The highest BCUT2D eigenvalue weighted by molar-refractivity contribution is 6.32. The topological polar surface area (TPSA) is 51.7 Å². The fourth-order valence-corrected chi connectivity index (χ4v) is 2.28. The van der Waals surface area contributed by atoms with E-state index in [9.17, 15) is 4.79 Å². The Morgan fingerprint density at radius 2 is 2.24 bits per heavy atom. The van der Waals surface area contributed by atoms with Crippen molar-refractivity contribution in [3.63, 3.8) is 0 Å². The molecular weight excluding hydrogens is 267 g/mol. The third-order valence-electron chi connectivity index (χ3n) is 3.18. The molecular formula is C15H21BN2O3. The predicted molar refractivity (Wildman–Crippen MR) is 81.1 cm³/mol. The Kier molecular flexibility index (Phi) is 4.75. The molecule has 1 aromatic rings. The minimum Gasteiger partial charge on any atom is -0.490 e. The highest BCUT2D eigenvalue weighted by atomic mass is 16.6. The lowest BCUT2D eigenvalue weighted by Gasteiger charge is -2.28. The van der Waals surface area contributed by atoms with Crippen LogP contribution >= 0.6 is 0 Å². The van der Waals surface area contributed by atoms with Gasteiger partial charge in [-0.05, 0) is 39.7 Å². The van der Waals surface area contributed by atoms with Gasteiger partial charge in [-0.15, -0.1) is 0 Å². The van der Waals surface area contributed by atoms with E-state index in [4.69, 9.17) is 17.3 Å². The van der Waals surface area contributed by atoms with Gasteiger partial charge in [-0.3, -0.25) is 4.98 Å². The summed E-state index contributed by atoms with van der Waals surface area (Å²) in [6.07, 6.45) is 4.77. The second-order valence-electron chi connectivity index (χ2n) is 6.23. The number of hydrogen-bond donors (Lipinski definition) is 0. The zero-order valence-corrected chi connectivity index (χ0v) is 12.8. The largest absolute Gasteiger partial charge is 0.490 e. The molecule has 2 radical (unpaired) electrons. The molecule has 0 N–H and O–H groups in total. The van der Waals surface area contributed by atoms with Crippen LogP contribution in [-0.4, -0.2) is 48.6 Å². The Bertz CT molecular complexity index is 502. The summed E-state index contributed by atoms with van der Waals surface area (Å²) < 4.78 is 11.1. The van der Waals surface area contributed by atoms with Gasteiger partial charge in [0.05, 0.1) is 12.2 Å². The molecule has 0 aliphatic carbocycles. The van der Waals surface area contributed by atoms with Gasteiger partial charge in [0.2, 0.25) is 0 Å². The molecule has 21 heavy (non-hydrogen) atoms. The summed E-state index contributed by atoms with van der Waals surface area (Å²) in [5, 5.41) is 0. The average Bonchev–Trinajstić information content (AvgIpc) is 2.83. The minimum atomic E-state index is -0.483. The predicted octanol–water partition coefficient (Wildman–Crippen LogP) is 1.65. The minimum absolute atomic E-state index is 0.0290. The Morgan fingerprint density at radius 3 is 2.90 bits per heavy atom. The molecule has 2 heterocycles. The first-order valence-electron chi connectivity index (χ1n) is 7.18. The number of carbonyl (C=O) groups excluding carboxylic acids is 1. The van der Waals surface area contributed by atoms with E-state index in [0.29, 0.717) is 24.4 Å². The van der Waals surface area contributed by atoms with Crippen molar-refractivity contribution < 1.29 is 14.3 Å². The van der Waals surface area contributed by atoms with E-state index in [1.54, 1.807) is 23.4 Å². The van der Waals surface area contributed by atoms with E-state index in [0.717, 1.165) is 12.8 Å². The third-order valence-corrected chi connectivity index (χ3v) is 3.18. The van der Waals surface area contributed by atoms with Crippen LogP contribution in [0.3, 0.4) is 0 Å². The van der Waals surface area contributed by atoms with Crippen LogP contribution < -0.4 is 10.2 Å². The van der Waals surface area contributed by atoms with Gasteiger partial charge in [0.25, 0.3) is 0 Å². The van der Waals surface area contributed by atoms with E-state index >= 15 is 0 Å². The van der Waals surface area contributed by atoms with Crippen molar-refractivity contribution in [3.8, 4) is 5.75 Å². The van der Waals surface area contributed by atoms with Crippen molar-refractivity contribution in [1.29, 1.82) is 0 Å². The Labute approximate surface area is 127 Å². The Balaban J connectivity index is 1.91. The molecule has 112 valence electrons. The molecule has 1 unspecified atom stereocenters. The molecule has 6 heteroatoms. The number of hydrogen-bond acceptors (Lipinski definition) is 4. The number of amides is 1. The molecule has 0 bridgehead atoms. The normalized spacial score (nSPS) is 18.6. The van der Waals surface area contributed by atoms with Crippen LogP contribution in [0.4, 0.5) is 4.79 Å². The van der Waals surface area contributed by atoms with Crippen molar-refractivity contribution in [3.05, 3.63) is 18.5 Å². The summed E-state index contributed by atoms with van der Waals surface area (Å²) in [6.45, 7) is 6.73. The molecule has 1 aromatic heterocycles. The van der Waals surface area contributed by atoms with Crippen LogP contribution in [0, 0.1) is 0 Å². The third kappa shape index (κ3) is 4.65. The number of ether oxygens (including phenoxy) is 2. The lowest BCUT2D eigenvalue weighted by molar-refractivity contribution is 0.0187. The van der Waals surface area contributed by atoms with Crippen molar-refractivity contribution in [1.82, 2.24) is 9.88 Å². The van der Waals surface area contributed by atoms with Crippen molar-refractivity contribution in [2.24, 2.45) is 0 Å². The maximum Gasteiger partial charge on any atom is 0.410 e. The molecule has 0 spiro atoms. The van der Waals surface area contributed by atoms with Crippen molar-refractivity contribution in [2.45, 2.75) is 45.3 Å². The average molecular weight is 288 g/mol. The number of likely N-dealkylation sites (tertiary alicyclic amines) is 1. The molecule has 5 nitrogen and oxygen atoms in total. The number of aromatic nitrogens is 1. The summed E-state index contributed by atoms with van der Waals surface area (Å²) >= 11 is 0. The van der Waals surface area contributed by atoms with Crippen LogP contribution in [0.2, 0.25) is 0 Å². The molecule has 1 saturated heterocycles. The van der Waals surface area contributed by atoms with Gasteiger partial charge >= 0.3 is 6.09 Å². The number of pyridine rings is 1. The second-order valence-corrected chi connectivity index (χ2v) is 6.23. The monoisotopic (exact) mass is 288 g/mol. The Hall–Kier alpha value is -1.72. The summed E-state index contributed by atoms with van der Waals surface area (Å²) in [5.74, 6) is 0.617. The lowest BCUT2D eigenvalue weighted by Crippen LogP contribution is -2.42. The fraction of sp³-hybridized carbons (Fsp3) is 0.600. The second kappa shape index (κ2) is 6.37. The van der Waals surface area contributed by atoms with E-state index in [1.165, 1.54) is 0 Å². The molecule has 1 fully saturated rings. The highest BCUT2D eigenvalue weighted by Crippen LogP contribution is 2.21. The van der Waals surface area contributed by atoms with Gasteiger partial charge < -0.3 is 14.4 Å². The van der Waals surface area contributed by atoms with Gasteiger partial charge in [-0.2, -0.15) is 0 Å². The van der Waals surface area contributed by atoms with Gasteiger partial charge in [-0.25, -0.2) is 4.79 Å². The summed E-state index contributed by atoms with van der Waals surface area (Å²) in [7, 11) is 5.66. The van der Waals surface area contributed by atoms with E-state index in [2.05, 4.69) is 4.98 Å². The van der Waals surface area contributed by atoms with Gasteiger partial charge in [0, 0.05) is 12.7 Å². The van der Waals surface area contributed by atoms with Crippen LogP contribution in [0.25, 0.3) is 0 Å². The first-order valence-corrected chi connectivity index (χ1v) is 7.18. The first kappa shape index (κ1) is 15.7. The Morgan fingerprint density at radius 1 is 1.48 bits per heavy atom. The first-order chi connectivity index (χ1) is 9.85. The van der Waals surface area contributed by atoms with Crippen LogP contribution in [0.5, 0.6) is 5.75 Å². The molecule has 1 aliphatic heterocycles. The van der Waals surface area contributed by atoms with Crippen molar-refractivity contribution >= 4 is 19.4 Å². The highest BCUT2D eigenvalue weighted by Gasteiger charge is 2.32. The molecule has 2 rings (SSSR count). The van der Waals surface area contributed by atoms with Gasteiger partial charge in [0.15, 0.2) is 0 Å².